The molecule has 1 amide bonds. The number of allylic oxidation sites excluding steroid dienone is 10. The molecule has 28 heavy (non-hydrogen) atoms. The topological polar surface area (TPSA) is 53.8 Å². The number of rotatable bonds is 3. The summed E-state index contributed by atoms with van der Waals surface area (Å²) in [4.78, 5) is 21.0. The van der Waals surface area contributed by atoms with Crippen LogP contribution >= 0.6 is 0 Å². The molecule has 0 aromatic carbocycles. The second-order valence-electron chi connectivity index (χ2n) is 7.03. The van der Waals surface area contributed by atoms with Gasteiger partial charge in [-0.25, -0.2) is 4.99 Å². The number of hydrogen-bond acceptors (Lipinski definition) is 3. The van der Waals surface area contributed by atoms with E-state index in [4.69, 9.17) is 4.99 Å². The second kappa shape index (κ2) is 7.66. The highest BCUT2D eigenvalue weighted by molar-refractivity contribution is 6.18. The van der Waals surface area contributed by atoms with Crippen molar-refractivity contribution >= 4 is 18.0 Å². The van der Waals surface area contributed by atoms with E-state index in [1.54, 1.807) is 0 Å². The predicted molar refractivity (Wildman–Crippen MR) is 114 cm³/mol. The van der Waals surface area contributed by atoms with Gasteiger partial charge in [-0.3, -0.25) is 15.1 Å². The normalized spacial score (nSPS) is 25.1. The molecule has 0 saturated carbocycles. The van der Waals surface area contributed by atoms with Crippen LogP contribution < -0.4 is 5.32 Å². The van der Waals surface area contributed by atoms with E-state index in [0.29, 0.717) is 17.3 Å². The van der Waals surface area contributed by atoms with Crippen LogP contribution in [-0.2, 0) is 4.79 Å². The molecule has 0 saturated heterocycles. The SMILES string of the molecule is C=C1C#CC(=O)NC1=N/C(C1=CC=CCC1)=C(\C)C1=CC=C2N=CC=CC2C1. The van der Waals surface area contributed by atoms with E-state index in [-0.39, 0.29) is 5.91 Å². The third kappa shape index (κ3) is 3.65. The zero-order chi connectivity index (χ0) is 19.5. The van der Waals surface area contributed by atoms with Crippen molar-refractivity contribution in [3.05, 3.63) is 82.8 Å². The van der Waals surface area contributed by atoms with Gasteiger partial charge in [0.05, 0.1) is 11.3 Å². The molecule has 0 aromatic heterocycles. The van der Waals surface area contributed by atoms with Crippen molar-refractivity contribution in [1.82, 2.24) is 5.32 Å². The molecule has 1 N–H and O–H groups in total. The molecule has 0 fully saturated rings. The number of fused-ring (bicyclic) bond motifs is 1. The largest absolute Gasteiger partial charge is 0.301 e. The quantitative estimate of drug-likeness (QED) is 0.751. The second-order valence-corrected chi connectivity index (χ2v) is 7.03. The van der Waals surface area contributed by atoms with Crippen LogP contribution in [0.15, 0.2) is 92.8 Å². The third-order valence-electron chi connectivity index (χ3n) is 5.15. The Morgan fingerprint density at radius 1 is 1.25 bits per heavy atom. The Balaban J connectivity index is 1.78. The number of dihydropyridines is 1. The van der Waals surface area contributed by atoms with E-state index >= 15 is 0 Å². The molecule has 0 radical (unpaired) electrons. The number of carbonyl (C=O) groups excluding carboxylic acids is 1. The van der Waals surface area contributed by atoms with Crippen molar-refractivity contribution in [1.29, 1.82) is 0 Å². The standard InChI is InChI=1S/C24H21N3O/c1-16-10-13-22(28)26-24(16)27-23(18-7-4-3-5-8-18)17(2)19-11-12-21-20(15-19)9-6-14-25-21/h3-4,6-7,9,11-12,14,20H,1,5,8,15H2,2H3,(H,26,27,28)/b23-17+. The minimum Gasteiger partial charge on any atom is -0.299 e. The molecule has 0 bridgehead atoms. The lowest BCUT2D eigenvalue weighted by molar-refractivity contribution is -0.114. The van der Waals surface area contributed by atoms with Gasteiger partial charge < -0.3 is 0 Å². The fourth-order valence-electron chi connectivity index (χ4n) is 3.58. The Labute approximate surface area is 165 Å². The zero-order valence-corrected chi connectivity index (χ0v) is 15.8. The smallest absolute Gasteiger partial charge is 0.299 e. The number of nitrogens with zero attached hydrogens (tertiary/aromatic N) is 2. The summed E-state index contributed by atoms with van der Waals surface area (Å²) >= 11 is 0. The first-order valence-corrected chi connectivity index (χ1v) is 9.42. The lowest BCUT2D eigenvalue weighted by Crippen LogP contribution is -2.33. The summed E-state index contributed by atoms with van der Waals surface area (Å²) in [6.45, 7) is 6.03. The van der Waals surface area contributed by atoms with Crippen LogP contribution in [0.25, 0.3) is 0 Å². The highest BCUT2D eigenvalue weighted by atomic mass is 16.1. The molecule has 2 heterocycles. The van der Waals surface area contributed by atoms with Gasteiger partial charge in [0, 0.05) is 23.7 Å². The Morgan fingerprint density at radius 2 is 2.14 bits per heavy atom. The molecular formula is C24H21N3O. The number of amides is 1. The van der Waals surface area contributed by atoms with Crippen LogP contribution in [0.2, 0.25) is 0 Å². The average Bonchev–Trinajstić information content (AvgIpc) is 2.74. The fraction of sp³-hybridized carbons (Fsp3) is 0.208. The molecule has 4 rings (SSSR count). The van der Waals surface area contributed by atoms with Gasteiger partial charge in [-0.1, -0.05) is 42.9 Å². The molecule has 2 aliphatic carbocycles. The van der Waals surface area contributed by atoms with Crippen molar-refractivity contribution in [3.63, 3.8) is 0 Å². The van der Waals surface area contributed by atoms with Gasteiger partial charge in [0.2, 0.25) is 0 Å². The monoisotopic (exact) mass is 367 g/mol. The number of aliphatic imine (C=N–C) groups is 2. The predicted octanol–water partition coefficient (Wildman–Crippen LogP) is 4.10. The van der Waals surface area contributed by atoms with Crippen LogP contribution in [0.5, 0.6) is 0 Å². The van der Waals surface area contributed by atoms with E-state index in [9.17, 15) is 4.79 Å². The van der Waals surface area contributed by atoms with E-state index in [1.807, 2.05) is 12.3 Å². The first-order valence-electron chi connectivity index (χ1n) is 9.42. The maximum Gasteiger partial charge on any atom is 0.301 e. The maximum atomic E-state index is 11.7. The van der Waals surface area contributed by atoms with Crippen molar-refractivity contribution in [2.45, 2.75) is 26.2 Å². The van der Waals surface area contributed by atoms with Crippen LogP contribution in [0.4, 0.5) is 0 Å². The fourth-order valence-corrected chi connectivity index (χ4v) is 3.58. The van der Waals surface area contributed by atoms with Crippen molar-refractivity contribution < 1.29 is 4.79 Å². The summed E-state index contributed by atoms with van der Waals surface area (Å²) in [7, 11) is 0. The molecule has 4 nitrogen and oxygen atoms in total. The number of carbonyl (C=O) groups is 1. The number of nitrogens with one attached hydrogen (secondary N) is 1. The van der Waals surface area contributed by atoms with Crippen LogP contribution in [0.3, 0.4) is 0 Å². The summed E-state index contributed by atoms with van der Waals surface area (Å²) in [6, 6.07) is 0. The summed E-state index contributed by atoms with van der Waals surface area (Å²) < 4.78 is 0. The van der Waals surface area contributed by atoms with Gasteiger partial charge in [-0.15, -0.1) is 0 Å². The number of hydrogen-bond donors (Lipinski definition) is 1. The van der Waals surface area contributed by atoms with Gasteiger partial charge in [-0.2, -0.15) is 0 Å². The highest BCUT2D eigenvalue weighted by Crippen LogP contribution is 2.35. The third-order valence-corrected chi connectivity index (χ3v) is 5.15. The molecule has 0 spiro atoms. The van der Waals surface area contributed by atoms with Crippen molar-refractivity contribution in [2.24, 2.45) is 15.9 Å². The zero-order valence-electron chi connectivity index (χ0n) is 15.8. The molecule has 2 aliphatic heterocycles. The lowest BCUT2D eigenvalue weighted by atomic mass is 9.85. The van der Waals surface area contributed by atoms with Gasteiger partial charge >= 0.3 is 5.91 Å². The Morgan fingerprint density at radius 3 is 2.96 bits per heavy atom. The number of amidine groups is 1. The van der Waals surface area contributed by atoms with E-state index in [1.165, 1.54) is 5.57 Å². The summed E-state index contributed by atoms with van der Waals surface area (Å²) in [5.74, 6) is 5.61. The molecule has 4 aliphatic rings. The van der Waals surface area contributed by atoms with Crippen LogP contribution in [-0.4, -0.2) is 18.0 Å². The van der Waals surface area contributed by atoms with E-state index in [2.05, 4.69) is 72.1 Å². The summed E-state index contributed by atoms with van der Waals surface area (Å²) in [5.41, 5.74) is 5.99. The molecule has 1 atom stereocenters. The van der Waals surface area contributed by atoms with Crippen molar-refractivity contribution in [2.75, 3.05) is 0 Å². The first kappa shape index (κ1) is 17.9. The Bertz CT molecular complexity index is 1060. The van der Waals surface area contributed by atoms with Crippen LogP contribution in [0.1, 0.15) is 26.2 Å². The Kier molecular flexibility index (Phi) is 4.90. The van der Waals surface area contributed by atoms with Gasteiger partial charge in [0.15, 0.2) is 0 Å². The van der Waals surface area contributed by atoms with Crippen LogP contribution in [0, 0.1) is 17.8 Å². The van der Waals surface area contributed by atoms with E-state index < -0.39 is 0 Å². The molecule has 1 unspecified atom stereocenters. The van der Waals surface area contributed by atoms with E-state index in [0.717, 1.165) is 41.8 Å². The molecule has 138 valence electrons. The van der Waals surface area contributed by atoms with Crippen molar-refractivity contribution in [3.8, 4) is 11.8 Å². The minimum absolute atomic E-state index is 0.296. The maximum absolute atomic E-state index is 11.7. The van der Waals surface area contributed by atoms with Gasteiger partial charge in [-0.05, 0) is 55.1 Å². The minimum atomic E-state index is -0.352. The Hall–Kier alpha value is -3.45. The van der Waals surface area contributed by atoms with Gasteiger partial charge in [0.25, 0.3) is 0 Å². The first-order chi connectivity index (χ1) is 13.6. The van der Waals surface area contributed by atoms with Gasteiger partial charge in [0.1, 0.15) is 5.84 Å². The lowest BCUT2D eigenvalue weighted by Gasteiger charge is -2.24. The summed E-state index contributed by atoms with van der Waals surface area (Å²) in [5, 5.41) is 2.74. The molecule has 0 aromatic rings. The average molecular weight is 367 g/mol. The molecule has 4 heteroatoms. The molecular weight excluding hydrogens is 346 g/mol. The highest BCUT2D eigenvalue weighted by Gasteiger charge is 2.22. The summed E-state index contributed by atoms with van der Waals surface area (Å²) in [6.07, 6.45) is 19.3.